The molecule has 0 bridgehead atoms. The quantitative estimate of drug-likeness (QED) is 0.735. The normalized spacial score (nSPS) is 14.4. The van der Waals surface area contributed by atoms with Crippen molar-refractivity contribution in [2.45, 2.75) is 30.8 Å². The van der Waals surface area contributed by atoms with Crippen LogP contribution in [0.4, 0.5) is 0 Å². The molecule has 2 aromatic rings. The summed E-state index contributed by atoms with van der Waals surface area (Å²) in [5.74, 6) is 0.498. The summed E-state index contributed by atoms with van der Waals surface area (Å²) >= 11 is 1.63. The van der Waals surface area contributed by atoms with Gasteiger partial charge in [-0.1, -0.05) is 24.3 Å². The van der Waals surface area contributed by atoms with Crippen LogP contribution in [0.5, 0.6) is 5.75 Å². The van der Waals surface area contributed by atoms with Crippen molar-refractivity contribution >= 4 is 17.7 Å². The van der Waals surface area contributed by atoms with Crippen molar-refractivity contribution in [2.75, 3.05) is 26.5 Å². The molecule has 1 saturated heterocycles. The van der Waals surface area contributed by atoms with Gasteiger partial charge in [-0.25, -0.2) is 0 Å². The third-order valence-electron chi connectivity index (χ3n) is 4.89. The number of amides is 1. The van der Waals surface area contributed by atoms with Crippen LogP contribution in [0.1, 0.15) is 34.3 Å². The van der Waals surface area contributed by atoms with Crippen LogP contribution in [0, 0.1) is 0 Å². The fraction of sp³-hybridized carbons (Fsp3) is 0.381. The highest BCUT2D eigenvalue weighted by Crippen LogP contribution is 2.25. The van der Waals surface area contributed by atoms with Crippen LogP contribution in [0.3, 0.4) is 0 Å². The number of nitrogens with one attached hydrogen (secondary N) is 2. The lowest BCUT2D eigenvalue weighted by Gasteiger charge is -2.13. The predicted molar refractivity (Wildman–Crippen MR) is 106 cm³/mol. The van der Waals surface area contributed by atoms with Crippen molar-refractivity contribution in [1.82, 2.24) is 5.32 Å². The highest BCUT2D eigenvalue weighted by molar-refractivity contribution is 7.98. The van der Waals surface area contributed by atoms with E-state index in [2.05, 4.69) is 29.6 Å². The molecular formula is C21H27N2O2S+. The maximum Gasteiger partial charge on any atom is 0.255 e. The number of benzene rings is 2. The molecule has 0 aliphatic carbocycles. The van der Waals surface area contributed by atoms with Crippen LogP contribution in [0.2, 0.25) is 0 Å². The fourth-order valence-electron chi connectivity index (χ4n) is 3.38. The van der Waals surface area contributed by atoms with Gasteiger partial charge < -0.3 is 15.0 Å². The summed E-state index contributed by atoms with van der Waals surface area (Å²) in [6.07, 6.45) is 4.70. The fourth-order valence-corrected chi connectivity index (χ4v) is 3.81. The largest absolute Gasteiger partial charge is 0.496 e. The number of quaternary nitrogens is 1. The molecular weight excluding hydrogens is 344 g/mol. The first-order valence-electron chi connectivity index (χ1n) is 9.11. The van der Waals surface area contributed by atoms with Gasteiger partial charge in [-0.2, -0.15) is 0 Å². The zero-order valence-electron chi connectivity index (χ0n) is 15.5. The molecule has 5 heteroatoms. The zero-order valence-corrected chi connectivity index (χ0v) is 16.3. The first kappa shape index (κ1) is 18.8. The molecule has 1 amide bonds. The van der Waals surface area contributed by atoms with Crippen LogP contribution in [0.15, 0.2) is 47.4 Å². The number of methoxy groups -OCH3 is 1. The van der Waals surface area contributed by atoms with Crippen molar-refractivity contribution in [3.63, 3.8) is 0 Å². The molecule has 2 aromatic carbocycles. The standard InChI is InChI=1S/C21H26N2O2S/c1-25-20-13-18(26-2)9-10-19(20)21(24)22-14-16-5-7-17(8-6-16)15-23-11-3-4-12-23/h5-10,13H,3-4,11-12,14-15H2,1-2H3,(H,22,24)/p+1. The van der Waals surface area contributed by atoms with Gasteiger partial charge in [0, 0.05) is 29.8 Å². The molecule has 0 unspecified atom stereocenters. The van der Waals surface area contributed by atoms with E-state index in [0.717, 1.165) is 17.0 Å². The molecule has 1 fully saturated rings. The van der Waals surface area contributed by atoms with Crippen LogP contribution in [0.25, 0.3) is 0 Å². The molecule has 0 radical (unpaired) electrons. The van der Waals surface area contributed by atoms with Crippen molar-refractivity contribution in [2.24, 2.45) is 0 Å². The van der Waals surface area contributed by atoms with E-state index in [4.69, 9.17) is 4.74 Å². The summed E-state index contributed by atoms with van der Waals surface area (Å²) in [5.41, 5.74) is 3.05. The van der Waals surface area contributed by atoms with E-state index in [1.54, 1.807) is 23.8 Å². The monoisotopic (exact) mass is 371 g/mol. The lowest BCUT2D eigenvalue weighted by molar-refractivity contribution is -0.901. The van der Waals surface area contributed by atoms with E-state index < -0.39 is 0 Å². The second kappa shape index (κ2) is 9.10. The molecule has 1 aliphatic rings. The molecule has 0 aromatic heterocycles. The number of carbonyl (C=O) groups excluding carboxylic acids is 1. The van der Waals surface area contributed by atoms with E-state index in [-0.39, 0.29) is 5.91 Å². The highest BCUT2D eigenvalue weighted by atomic mass is 32.2. The Hall–Kier alpha value is -1.98. The average molecular weight is 372 g/mol. The lowest BCUT2D eigenvalue weighted by Crippen LogP contribution is -3.08. The minimum absolute atomic E-state index is 0.111. The zero-order chi connectivity index (χ0) is 18.4. The summed E-state index contributed by atoms with van der Waals surface area (Å²) in [4.78, 5) is 15.2. The Morgan fingerprint density at radius 2 is 1.81 bits per heavy atom. The van der Waals surface area contributed by atoms with Gasteiger partial charge in [-0.3, -0.25) is 4.79 Å². The van der Waals surface area contributed by atoms with Gasteiger partial charge in [0.2, 0.25) is 0 Å². The number of hydrogen-bond donors (Lipinski definition) is 2. The van der Waals surface area contributed by atoms with Gasteiger partial charge in [-0.15, -0.1) is 11.8 Å². The van der Waals surface area contributed by atoms with E-state index in [1.165, 1.54) is 31.5 Å². The van der Waals surface area contributed by atoms with Gasteiger partial charge >= 0.3 is 0 Å². The van der Waals surface area contributed by atoms with E-state index >= 15 is 0 Å². The maximum atomic E-state index is 12.5. The molecule has 2 N–H and O–H groups in total. The van der Waals surface area contributed by atoms with E-state index in [9.17, 15) is 4.79 Å². The first-order valence-corrected chi connectivity index (χ1v) is 10.3. The van der Waals surface area contributed by atoms with Gasteiger partial charge in [0.25, 0.3) is 5.91 Å². The number of likely N-dealkylation sites (tertiary alicyclic amines) is 1. The van der Waals surface area contributed by atoms with Crippen LogP contribution >= 0.6 is 11.8 Å². The third kappa shape index (κ3) is 4.80. The summed E-state index contributed by atoms with van der Waals surface area (Å²) in [6.45, 7) is 4.19. The first-order chi connectivity index (χ1) is 12.7. The van der Waals surface area contributed by atoms with E-state index in [1.807, 2.05) is 24.5 Å². The van der Waals surface area contributed by atoms with Gasteiger partial charge in [0.05, 0.1) is 25.8 Å². The van der Waals surface area contributed by atoms with Crippen LogP contribution < -0.4 is 15.0 Å². The molecule has 138 valence electrons. The maximum absolute atomic E-state index is 12.5. The smallest absolute Gasteiger partial charge is 0.255 e. The number of thioether (sulfide) groups is 1. The SMILES string of the molecule is COc1cc(SC)ccc1C(=O)NCc1ccc(C[NH+]2CCCC2)cc1. The number of ether oxygens (including phenoxy) is 1. The lowest BCUT2D eigenvalue weighted by atomic mass is 10.1. The average Bonchev–Trinajstić information content (AvgIpc) is 3.19. The minimum atomic E-state index is -0.111. The summed E-state index contributed by atoms with van der Waals surface area (Å²) in [7, 11) is 1.59. The van der Waals surface area contributed by atoms with Gasteiger partial charge in [0.15, 0.2) is 0 Å². The molecule has 3 rings (SSSR count). The third-order valence-corrected chi connectivity index (χ3v) is 5.62. The molecule has 0 spiro atoms. The minimum Gasteiger partial charge on any atom is -0.496 e. The Morgan fingerprint density at radius 1 is 1.12 bits per heavy atom. The van der Waals surface area contributed by atoms with Crippen molar-refractivity contribution < 1.29 is 14.4 Å². The Labute approximate surface area is 159 Å². The Morgan fingerprint density at radius 3 is 2.46 bits per heavy atom. The molecule has 1 heterocycles. The summed E-state index contributed by atoms with van der Waals surface area (Å²) in [5, 5.41) is 2.99. The highest BCUT2D eigenvalue weighted by Gasteiger charge is 2.15. The van der Waals surface area contributed by atoms with Crippen molar-refractivity contribution in [3.05, 3.63) is 59.2 Å². The van der Waals surface area contributed by atoms with Gasteiger partial charge in [0.1, 0.15) is 12.3 Å². The molecule has 0 saturated carbocycles. The van der Waals surface area contributed by atoms with Crippen molar-refractivity contribution in [3.8, 4) is 5.75 Å². The molecule has 1 aliphatic heterocycles. The predicted octanol–water partition coefficient (Wildman–Crippen LogP) is 2.53. The summed E-state index contributed by atoms with van der Waals surface area (Å²) in [6, 6.07) is 14.2. The summed E-state index contributed by atoms with van der Waals surface area (Å²) < 4.78 is 5.36. The molecule has 26 heavy (non-hydrogen) atoms. The van der Waals surface area contributed by atoms with Crippen LogP contribution in [-0.4, -0.2) is 32.4 Å². The van der Waals surface area contributed by atoms with Crippen LogP contribution in [-0.2, 0) is 13.1 Å². The van der Waals surface area contributed by atoms with Crippen molar-refractivity contribution in [1.29, 1.82) is 0 Å². The molecule has 4 nitrogen and oxygen atoms in total. The number of hydrogen-bond acceptors (Lipinski definition) is 3. The van der Waals surface area contributed by atoms with E-state index in [0.29, 0.717) is 17.9 Å². The second-order valence-electron chi connectivity index (χ2n) is 6.70. The number of rotatable bonds is 7. The second-order valence-corrected chi connectivity index (χ2v) is 7.58. The van der Waals surface area contributed by atoms with Gasteiger partial charge in [-0.05, 0) is 30.0 Å². The molecule has 0 atom stereocenters. The Balaban J connectivity index is 1.57. The Kier molecular flexibility index (Phi) is 6.58. The topological polar surface area (TPSA) is 42.8 Å². The number of carbonyl (C=O) groups is 1. The Bertz CT molecular complexity index is 740.